The van der Waals surface area contributed by atoms with Crippen LogP contribution in [0.2, 0.25) is 0 Å². The van der Waals surface area contributed by atoms with Gasteiger partial charge in [-0.05, 0) is 42.9 Å². The number of aromatic amines is 1. The molecule has 1 aliphatic heterocycles. The summed E-state index contributed by atoms with van der Waals surface area (Å²) < 4.78 is 13.6. The molecule has 22 heavy (non-hydrogen) atoms. The lowest BCUT2D eigenvalue weighted by Crippen LogP contribution is -2.24. The van der Waals surface area contributed by atoms with Gasteiger partial charge in [0.25, 0.3) is 5.56 Å². The van der Waals surface area contributed by atoms with Gasteiger partial charge in [-0.1, -0.05) is 12.1 Å². The summed E-state index contributed by atoms with van der Waals surface area (Å²) in [5, 5.41) is 0. The van der Waals surface area contributed by atoms with Gasteiger partial charge >= 0.3 is 0 Å². The Hall–Kier alpha value is -2.37. The number of rotatable bonds is 3. The van der Waals surface area contributed by atoms with Crippen molar-refractivity contribution in [2.24, 2.45) is 5.92 Å². The molecule has 3 rings (SSSR count). The molecule has 0 amide bonds. The van der Waals surface area contributed by atoms with Gasteiger partial charge in [-0.15, -0.1) is 0 Å². The zero-order valence-corrected chi connectivity index (χ0v) is 12.5. The quantitative estimate of drug-likeness (QED) is 0.907. The SMILES string of the molecule is Cc1ccc(CC2CCN(c3cc(=O)[nH]c(N)n3)C2)cc1F. The molecule has 116 valence electrons. The number of hydrogen-bond donors (Lipinski definition) is 2. The third kappa shape index (κ3) is 3.10. The lowest BCUT2D eigenvalue weighted by atomic mass is 9.98. The van der Waals surface area contributed by atoms with Gasteiger partial charge < -0.3 is 10.6 Å². The van der Waals surface area contributed by atoms with Gasteiger partial charge in [-0.25, -0.2) is 4.39 Å². The van der Waals surface area contributed by atoms with Crippen LogP contribution >= 0.6 is 0 Å². The first-order chi connectivity index (χ1) is 10.5. The Morgan fingerprint density at radius 2 is 2.27 bits per heavy atom. The van der Waals surface area contributed by atoms with Crippen LogP contribution in [0.25, 0.3) is 0 Å². The maximum atomic E-state index is 13.6. The third-order valence-electron chi connectivity index (χ3n) is 4.12. The highest BCUT2D eigenvalue weighted by Gasteiger charge is 2.24. The van der Waals surface area contributed by atoms with Crippen LogP contribution in [0.1, 0.15) is 17.5 Å². The van der Waals surface area contributed by atoms with Gasteiger partial charge in [0.05, 0.1) is 0 Å². The van der Waals surface area contributed by atoms with Crippen molar-refractivity contribution in [2.45, 2.75) is 19.8 Å². The summed E-state index contributed by atoms with van der Waals surface area (Å²) in [6.45, 7) is 3.39. The summed E-state index contributed by atoms with van der Waals surface area (Å²) in [6.07, 6.45) is 1.82. The Kier molecular flexibility index (Phi) is 3.83. The van der Waals surface area contributed by atoms with E-state index in [0.29, 0.717) is 17.3 Å². The molecular weight excluding hydrogens is 283 g/mol. The number of nitrogens with one attached hydrogen (secondary N) is 1. The summed E-state index contributed by atoms with van der Waals surface area (Å²) in [5.74, 6) is 1.01. The molecule has 0 saturated carbocycles. The summed E-state index contributed by atoms with van der Waals surface area (Å²) in [6, 6.07) is 6.87. The molecule has 0 spiro atoms. The number of hydrogen-bond acceptors (Lipinski definition) is 4. The maximum Gasteiger partial charge on any atom is 0.254 e. The molecule has 2 aromatic rings. The minimum absolute atomic E-state index is 0.131. The number of anilines is 2. The molecule has 2 heterocycles. The smallest absolute Gasteiger partial charge is 0.254 e. The summed E-state index contributed by atoms with van der Waals surface area (Å²) in [5.41, 5.74) is 7.01. The molecule has 1 fully saturated rings. The topological polar surface area (TPSA) is 75.0 Å². The number of benzene rings is 1. The van der Waals surface area contributed by atoms with Crippen molar-refractivity contribution in [3.8, 4) is 0 Å². The Labute approximate surface area is 128 Å². The number of aryl methyl sites for hydroxylation is 1. The first-order valence-electron chi connectivity index (χ1n) is 7.38. The molecule has 1 saturated heterocycles. The second kappa shape index (κ2) is 5.79. The van der Waals surface area contributed by atoms with E-state index in [4.69, 9.17) is 5.73 Å². The van der Waals surface area contributed by atoms with E-state index in [1.807, 2.05) is 12.1 Å². The van der Waals surface area contributed by atoms with E-state index in [2.05, 4.69) is 14.9 Å². The molecule has 1 aromatic carbocycles. The lowest BCUT2D eigenvalue weighted by Gasteiger charge is -2.17. The standard InChI is InChI=1S/C16H19FN4O/c1-10-2-3-11(7-13(10)17)6-12-4-5-21(9-12)14-8-15(22)20-16(18)19-14/h2-3,7-8,12H,4-6,9H2,1H3,(H3,18,19,20,22). The first-order valence-corrected chi connectivity index (χ1v) is 7.38. The van der Waals surface area contributed by atoms with Crippen molar-refractivity contribution >= 4 is 11.8 Å². The average Bonchev–Trinajstić information content (AvgIpc) is 2.90. The minimum Gasteiger partial charge on any atom is -0.369 e. The molecule has 1 atom stereocenters. The predicted octanol–water partition coefficient (Wildman–Crippen LogP) is 1.87. The number of halogens is 1. The van der Waals surface area contributed by atoms with Crippen LogP contribution < -0.4 is 16.2 Å². The van der Waals surface area contributed by atoms with Crippen molar-refractivity contribution in [2.75, 3.05) is 23.7 Å². The second-order valence-electron chi connectivity index (χ2n) is 5.88. The van der Waals surface area contributed by atoms with Gasteiger partial charge in [0.1, 0.15) is 11.6 Å². The van der Waals surface area contributed by atoms with Gasteiger partial charge in [0.2, 0.25) is 5.95 Å². The number of nitrogen functional groups attached to an aromatic ring is 1. The molecular formula is C16H19FN4O. The van der Waals surface area contributed by atoms with Gasteiger partial charge in [-0.2, -0.15) is 4.98 Å². The molecule has 1 aliphatic rings. The molecule has 6 heteroatoms. The fraction of sp³-hybridized carbons (Fsp3) is 0.375. The van der Waals surface area contributed by atoms with Crippen LogP contribution in [0.4, 0.5) is 16.2 Å². The van der Waals surface area contributed by atoms with Gasteiger partial charge in [0.15, 0.2) is 0 Å². The summed E-state index contributed by atoms with van der Waals surface area (Å²) >= 11 is 0. The molecule has 0 radical (unpaired) electrons. The van der Waals surface area contributed by atoms with Crippen LogP contribution in [-0.4, -0.2) is 23.1 Å². The van der Waals surface area contributed by atoms with Crippen molar-refractivity contribution < 1.29 is 4.39 Å². The van der Waals surface area contributed by atoms with Crippen LogP contribution in [0.5, 0.6) is 0 Å². The first kappa shape index (κ1) is 14.6. The number of nitrogens with zero attached hydrogens (tertiary/aromatic N) is 2. The van der Waals surface area contributed by atoms with Crippen molar-refractivity contribution in [3.05, 3.63) is 51.6 Å². The van der Waals surface area contributed by atoms with E-state index in [1.54, 1.807) is 13.0 Å². The van der Waals surface area contributed by atoms with Gasteiger partial charge in [-0.3, -0.25) is 9.78 Å². The van der Waals surface area contributed by atoms with Crippen LogP contribution in [0.3, 0.4) is 0 Å². The van der Waals surface area contributed by atoms with E-state index in [0.717, 1.165) is 31.5 Å². The predicted molar refractivity (Wildman–Crippen MR) is 84.4 cm³/mol. The second-order valence-corrected chi connectivity index (χ2v) is 5.88. The number of H-pyrrole nitrogens is 1. The lowest BCUT2D eigenvalue weighted by molar-refractivity contribution is 0.576. The fourth-order valence-corrected chi connectivity index (χ4v) is 2.93. The van der Waals surface area contributed by atoms with E-state index in [1.165, 1.54) is 6.07 Å². The Balaban J connectivity index is 1.69. The maximum absolute atomic E-state index is 13.6. The van der Waals surface area contributed by atoms with Gasteiger partial charge in [0, 0.05) is 19.2 Å². The third-order valence-corrected chi connectivity index (χ3v) is 4.12. The number of aromatic nitrogens is 2. The monoisotopic (exact) mass is 302 g/mol. The van der Waals surface area contributed by atoms with Crippen molar-refractivity contribution in [1.29, 1.82) is 0 Å². The van der Waals surface area contributed by atoms with Crippen LogP contribution in [-0.2, 0) is 6.42 Å². The zero-order chi connectivity index (χ0) is 15.7. The largest absolute Gasteiger partial charge is 0.369 e. The molecule has 0 bridgehead atoms. The Morgan fingerprint density at radius 3 is 3.00 bits per heavy atom. The molecule has 1 aromatic heterocycles. The highest BCUT2D eigenvalue weighted by molar-refractivity contribution is 5.42. The van der Waals surface area contributed by atoms with Crippen LogP contribution in [0.15, 0.2) is 29.1 Å². The summed E-state index contributed by atoms with van der Waals surface area (Å²) in [4.78, 5) is 20.1. The molecule has 3 N–H and O–H groups in total. The Morgan fingerprint density at radius 1 is 1.45 bits per heavy atom. The molecule has 0 aliphatic carbocycles. The average molecular weight is 302 g/mol. The van der Waals surface area contributed by atoms with Crippen molar-refractivity contribution in [3.63, 3.8) is 0 Å². The Bertz CT molecular complexity index is 743. The van der Waals surface area contributed by atoms with E-state index in [9.17, 15) is 9.18 Å². The van der Waals surface area contributed by atoms with E-state index >= 15 is 0 Å². The number of nitrogens with two attached hydrogens (primary N) is 1. The molecule has 5 nitrogen and oxygen atoms in total. The zero-order valence-electron chi connectivity index (χ0n) is 12.5. The summed E-state index contributed by atoms with van der Waals surface area (Å²) in [7, 11) is 0. The minimum atomic E-state index is -0.244. The van der Waals surface area contributed by atoms with Crippen LogP contribution in [0, 0.1) is 18.7 Å². The normalized spacial score (nSPS) is 17.9. The van der Waals surface area contributed by atoms with Crippen molar-refractivity contribution in [1.82, 2.24) is 9.97 Å². The van der Waals surface area contributed by atoms with E-state index in [-0.39, 0.29) is 17.3 Å². The highest BCUT2D eigenvalue weighted by atomic mass is 19.1. The highest BCUT2D eigenvalue weighted by Crippen LogP contribution is 2.25. The van der Waals surface area contributed by atoms with E-state index < -0.39 is 0 Å². The fourth-order valence-electron chi connectivity index (χ4n) is 2.93. The molecule has 1 unspecified atom stereocenters.